The molecule has 1 rings (SSSR count). The monoisotopic (exact) mass is 298 g/mol. The van der Waals surface area contributed by atoms with Crippen LogP contribution in [0.15, 0.2) is 24.3 Å². The van der Waals surface area contributed by atoms with Crippen LogP contribution in [0.25, 0.3) is 0 Å². The van der Waals surface area contributed by atoms with E-state index >= 15 is 0 Å². The summed E-state index contributed by atoms with van der Waals surface area (Å²) in [5, 5.41) is 2.88. The van der Waals surface area contributed by atoms with Gasteiger partial charge in [0.1, 0.15) is 4.99 Å². The van der Waals surface area contributed by atoms with E-state index in [0.29, 0.717) is 23.5 Å². The van der Waals surface area contributed by atoms with E-state index in [9.17, 15) is 9.00 Å². The van der Waals surface area contributed by atoms with Gasteiger partial charge in [0, 0.05) is 40.0 Å². The Labute approximate surface area is 121 Å². The van der Waals surface area contributed by atoms with Crippen molar-refractivity contribution in [3.05, 3.63) is 35.4 Å². The van der Waals surface area contributed by atoms with Crippen LogP contribution in [0.3, 0.4) is 0 Å². The Kier molecular flexibility index (Phi) is 6.11. The van der Waals surface area contributed by atoms with Crippen molar-refractivity contribution in [1.82, 2.24) is 5.32 Å². The Balaban J connectivity index is 2.50. The average Bonchev–Trinajstić information content (AvgIpc) is 2.38. The summed E-state index contributed by atoms with van der Waals surface area (Å²) >= 11 is 4.84. The first kappa shape index (κ1) is 15.8. The fourth-order valence-corrected chi connectivity index (χ4v) is 2.03. The largest absolute Gasteiger partial charge is 0.389 e. The van der Waals surface area contributed by atoms with Crippen molar-refractivity contribution in [2.75, 3.05) is 12.8 Å². The molecule has 3 N–H and O–H groups in total. The molecule has 0 bridgehead atoms. The van der Waals surface area contributed by atoms with E-state index in [4.69, 9.17) is 18.0 Å². The Morgan fingerprint density at radius 3 is 2.37 bits per heavy atom. The zero-order valence-electron chi connectivity index (χ0n) is 11.0. The van der Waals surface area contributed by atoms with Gasteiger partial charge in [-0.15, -0.1) is 0 Å². The minimum Gasteiger partial charge on any atom is -0.389 e. The highest BCUT2D eigenvalue weighted by atomic mass is 32.2. The molecule has 104 valence electrons. The third-order valence-electron chi connectivity index (χ3n) is 2.83. The van der Waals surface area contributed by atoms with Gasteiger partial charge in [-0.1, -0.05) is 31.3 Å². The summed E-state index contributed by atoms with van der Waals surface area (Å²) in [7, 11) is -0.857. The molecule has 0 heterocycles. The SMILES string of the molecule is CC(CCNC(=O)c1ccc(C(N)=S)cc1)S(C)=O. The molecular weight excluding hydrogens is 280 g/mol. The summed E-state index contributed by atoms with van der Waals surface area (Å²) in [5.74, 6) is -0.149. The summed E-state index contributed by atoms with van der Waals surface area (Å²) in [6, 6.07) is 6.82. The maximum Gasteiger partial charge on any atom is 0.251 e. The van der Waals surface area contributed by atoms with Gasteiger partial charge in [-0.3, -0.25) is 9.00 Å². The molecule has 0 radical (unpaired) electrons. The topological polar surface area (TPSA) is 72.2 Å². The van der Waals surface area contributed by atoms with Crippen LogP contribution in [0.1, 0.15) is 29.3 Å². The van der Waals surface area contributed by atoms with Gasteiger partial charge in [-0.25, -0.2) is 0 Å². The molecule has 0 saturated heterocycles. The number of amides is 1. The molecular formula is C13H18N2O2S2. The lowest BCUT2D eigenvalue weighted by atomic mass is 10.1. The van der Waals surface area contributed by atoms with Crippen LogP contribution in [0.2, 0.25) is 0 Å². The maximum absolute atomic E-state index is 11.8. The Hall–Kier alpha value is -1.27. The third-order valence-corrected chi connectivity index (χ3v) is 4.44. The predicted molar refractivity (Wildman–Crippen MR) is 82.8 cm³/mol. The Morgan fingerprint density at radius 2 is 1.89 bits per heavy atom. The number of carbonyl (C=O) groups excluding carboxylic acids is 1. The van der Waals surface area contributed by atoms with E-state index in [1.54, 1.807) is 30.5 Å². The molecule has 6 heteroatoms. The number of benzene rings is 1. The molecule has 0 aromatic heterocycles. The van der Waals surface area contributed by atoms with Gasteiger partial charge >= 0.3 is 0 Å². The highest BCUT2D eigenvalue weighted by Crippen LogP contribution is 2.05. The first-order valence-electron chi connectivity index (χ1n) is 5.92. The highest BCUT2D eigenvalue weighted by Gasteiger charge is 2.08. The summed E-state index contributed by atoms with van der Waals surface area (Å²) < 4.78 is 11.2. The molecule has 0 aliphatic rings. The van der Waals surface area contributed by atoms with E-state index in [-0.39, 0.29) is 11.2 Å². The van der Waals surface area contributed by atoms with Crippen LogP contribution >= 0.6 is 12.2 Å². The van der Waals surface area contributed by atoms with Gasteiger partial charge in [0.05, 0.1) is 0 Å². The maximum atomic E-state index is 11.8. The minimum absolute atomic E-state index is 0.0808. The van der Waals surface area contributed by atoms with Gasteiger partial charge in [0.15, 0.2) is 0 Å². The van der Waals surface area contributed by atoms with Crippen molar-refractivity contribution < 1.29 is 9.00 Å². The van der Waals surface area contributed by atoms with Crippen LogP contribution < -0.4 is 11.1 Å². The first-order valence-corrected chi connectivity index (χ1v) is 7.95. The quantitative estimate of drug-likeness (QED) is 0.774. The molecule has 4 nitrogen and oxygen atoms in total. The second-order valence-corrected chi connectivity index (χ2v) is 6.54. The molecule has 1 aromatic rings. The van der Waals surface area contributed by atoms with Crippen molar-refractivity contribution in [3.8, 4) is 0 Å². The molecule has 1 aromatic carbocycles. The lowest BCUT2D eigenvalue weighted by Crippen LogP contribution is -2.27. The number of hydrogen-bond acceptors (Lipinski definition) is 3. The number of rotatable bonds is 6. The van der Waals surface area contributed by atoms with E-state index in [1.807, 2.05) is 6.92 Å². The van der Waals surface area contributed by atoms with Crippen LogP contribution in [0, 0.1) is 0 Å². The molecule has 19 heavy (non-hydrogen) atoms. The number of carbonyl (C=O) groups is 1. The number of nitrogens with two attached hydrogens (primary N) is 1. The normalized spacial score (nSPS) is 13.6. The summed E-state index contributed by atoms with van der Waals surface area (Å²) in [6.45, 7) is 2.41. The van der Waals surface area contributed by atoms with Crippen LogP contribution in [-0.2, 0) is 10.8 Å². The average molecular weight is 298 g/mol. The van der Waals surface area contributed by atoms with Crippen LogP contribution in [-0.4, -0.2) is 33.2 Å². The highest BCUT2D eigenvalue weighted by molar-refractivity contribution is 7.84. The molecule has 1 amide bonds. The lowest BCUT2D eigenvalue weighted by Gasteiger charge is -2.09. The molecule has 2 unspecified atom stereocenters. The fourth-order valence-electron chi connectivity index (χ4n) is 1.44. The number of nitrogens with one attached hydrogen (secondary N) is 1. The van der Waals surface area contributed by atoms with Gasteiger partial charge in [-0.05, 0) is 18.6 Å². The van der Waals surface area contributed by atoms with E-state index < -0.39 is 10.8 Å². The number of hydrogen-bond donors (Lipinski definition) is 2. The predicted octanol–water partition coefficient (Wildman–Crippen LogP) is 1.21. The number of thiocarbonyl (C=S) groups is 1. The van der Waals surface area contributed by atoms with E-state index in [0.717, 1.165) is 5.56 Å². The lowest BCUT2D eigenvalue weighted by molar-refractivity contribution is 0.0953. The van der Waals surface area contributed by atoms with Gasteiger partial charge in [0.2, 0.25) is 0 Å². The van der Waals surface area contributed by atoms with Crippen molar-refractivity contribution in [2.24, 2.45) is 5.73 Å². The third kappa shape index (κ3) is 5.08. The Bertz CT molecular complexity index is 486. The van der Waals surface area contributed by atoms with E-state index in [2.05, 4.69) is 5.32 Å². The Morgan fingerprint density at radius 1 is 1.37 bits per heavy atom. The molecule has 0 aliphatic heterocycles. The molecule has 0 fully saturated rings. The van der Waals surface area contributed by atoms with Crippen molar-refractivity contribution in [2.45, 2.75) is 18.6 Å². The minimum atomic E-state index is -0.857. The zero-order chi connectivity index (χ0) is 14.4. The summed E-state index contributed by atoms with van der Waals surface area (Å²) in [4.78, 5) is 12.1. The van der Waals surface area contributed by atoms with Crippen molar-refractivity contribution >= 4 is 33.9 Å². The van der Waals surface area contributed by atoms with Crippen molar-refractivity contribution in [3.63, 3.8) is 0 Å². The first-order chi connectivity index (χ1) is 8.91. The second-order valence-electron chi connectivity index (χ2n) is 4.30. The second kappa shape index (κ2) is 7.35. The van der Waals surface area contributed by atoms with Gasteiger partial charge in [0.25, 0.3) is 5.91 Å². The van der Waals surface area contributed by atoms with Gasteiger partial charge in [-0.2, -0.15) is 0 Å². The van der Waals surface area contributed by atoms with Crippen LogP contribution in [0.4, 0.5) is 0 Å². The summed E-state index contributed by atoms with van der Waals surface area (Å²) in [5.41, 5.74) is 6.78. The molecule has 0 spiro atoms. The fraction of sp³-hybridized carbons (Fsp3) is 0.385. The van der Waals surface area contributed by atoms with E-state index in [1.165, 1.54) is 0 Å². The molecule has 2 atom stereocenters. The molecule has 0 aliphatic carbocycles. The standard InChI is InChI=1S/C13H18N2O2S2/c1-9(19(2)17)7-8-15-13(16)11-5-3-10(4-6-11)12(14)18/h3-6,9H,7-8H2,1-2H3,(H2,14,18)(H,15,16). The van der Waals surface area contributed by atoms with Gasteiger partial charge < -0.3 is 11.1 Å². The molecule has 0 saturated carbocycles. The van der Waals surface area contributed by atoms with Crippen LogP contribution in [0.5, 0.6) is 0 Å². The smallest absolute Gasteiger partial charge is 0.251 e. The zero-order valence-corrected chi connectivity index (χ0v) is 12.6. The summed E-state index contributed by atoms with van der Waals surface area (Å²) in [6.07, 6.45) is 2.36. The van der Waals surface area contributed by atoms with Crippen molar-refractivity contribution in [1.29, 1.82) is 0 Å².